The van der Waals surface area contributed by atoms with Crippen LogP contribution in [0.5, 0.6) is 0 Å². The Balaban J connectivity index is 2.43. The minimum atomic E-state index is -3.56. The Morgan fingerprint density at radius 1 is 1.44 bits per heavy atom. The Labute approximate surface area is 103 Å². The Hall–Kier alpha value is -1.93. The smallest absolute Gasteiger partial charge is 0.337 e. The van der Waals surface area contributed by atoms with E-state index in [0.717, 1.165) is 0 Å². The maximum absolute atomic E-state index is 11.0. The van der Waals surface area contributed by atoms with Gasteiger partial charge < -0.3 is 9.67 Å². The predicted molar refractivity (Wildman–Crippen MR) is 64.7 cm³/mol. The Morgan fingerprint density at radius 3 is 2.78 bits per heavy atom. The highest BCUT2D eigenvalue weighted by molar-refractivity contribution is 7.89. The molecule has 0 spiro atoms. The van der Waals surface area contributed by atoms with Gasteiger partial charge in [0.05, 0.1) is 23.2 Å². The van der Waals surface area contributed by atoms with Crippen molar-refractivity contribution in [2.75, 3.05) is 5.75 Å². The summed E-state index contributed by atoms with van der Waals surface area (Å²) < 4.78 is 23.3. The molecule has 0 atom stereocenters. The van der Waals surface area contributed by atoms with E-state index in [-0.39, 0.29) is 17.9 Å². The Kier molecular flexibility index (Phi) is 3.05. The zero-order valence-corrected chi connectivity index (χ0v) is 10.1. The van der Waals surface area contributed by atoms with E-state index >= 15 is 0 Å². The molecule has 3 N–H and O–H groups in total. The van der Waals surface area contributed by atoms with Crippen LogP contribution in [-0.2, 0) is 16.6 Å². The van der Waals surface area contributed by atoms with E-state index in [1.807, 2.05) is 0 Å². The summed E-state index contributed by atoms with van der Waals surface area (Å²) in [7, 11) is -3.56. The number of hydrogen-bond acceptors (Lipinski definition) is 4. The molecule has 0 saturated carbocycles. The summed E-state index contributed by atoms with van der Waals surface area (Å²) >= 11 is 0. The van der Waals surface area contributed by atoms with Crippen molar-refractivity contribution in [3.63, 3.8) is 0 Å². The van der Waals surface area contributed by atoms with Crippen LogP contribution in [-0.4, -0.2) is 34.8 Å². The molecule has 96 valence electrons. The number of nitrogens with two attached hydrogens (primary N) is 1. The lowest BCUT2D eigenvalue weighted by Gasteiger charge is -2.03. The summed E-state index contributed by atoms with van der Waals surface area (Å²) in [6, 6.07) is 4.71. The van der Waals surface area contributed by atoms with Gasteiger partial charge in [-0.15, -0.1) is 0 Å². The summed E-state index contributed by atoms with van der Waals surface area (Å²) in [5, 5.41) is 13.9. The number of para-hydroxylation sites is 1. The highest BCUT2D eigenvalue weighted by Gasteiger charge is 2.13. The molecule has 0 aliphatic rings. The van der Waals surface area contributed by atoms with Crippen LogP contribution in [0.1, 0.15) is 10.4 Å². The zero-order chi connectivity index (χ0) is 13.3. The van der Waals surface area contributed by atoms with Crippen molar-refractivity contribution in [2.24, 2.45) is 5.14 Å². The SMILES string of the molecule is NS(=O)(=O)CCn1cnc2c(C(=O)O)cccc21. The number of carboxylic acids is 1. The molecule has 0 radical (unpaired) electrons. The number of fused-ring (bicyclic) bond motifs is 1. The van der Waals surface area contributed by atoms with Gasteiger partial charge in [-0.25, -0.2) is 23.3 Å². The second-order valence-electron chi connectivity index (χ2n) is 3.78. The molecule has 1 aromatic carbocycles. The summed E-state index contributed by atoms with van der Waals surface area (Å²) in [6.45, 7) is 0.137. The molecule has 1 aromatic heterocycles. The molecule has 0 amide bonds. The topological polar surface area (TPSA) is 115 Å². The van der Waals surface area contributed by atoms with Crippen LogP contribution in [0.15, 0.2) is 24.5 Å². The second-order valence-corrected chi connectivity index (χ2v) is 5.52. The first kappa shape index (κ1) is 12.5. The number of imidazole rings is 1. The van der Waals surface area contributed by atoms with Gasteiger partial charge in [0.25, 0.3) is 0 Å². The maximum Gasteiger partial charge on any atom is 0.337 e. The molecular weight excluding hydrogens is 258 g/mol. The van der Waals surface area contributed by atoms with E-state index in [1.165, 1.54) is 12.4 Å². The molecular formula is C10H11N3O4S. The van der Waals surface area contributed by atoms with Crippen molar-refractivity contribution >= 4 is 27.0 Å². The van der Waals surface area contributed by atoms with Gasteiger partial charge in [-0.2, -0.15) is 0 Å². The number of hydrogen-bond donors (Lipinski definition) is 2. The molecule has 0 bridgehead atoms. The largest absolute Gasteiger partial charge is 0.478 e. The van der Waals surface area contributed by atoms with Crippen molar-refractivity contribution in [3.05, 3.63) is 30.1 Å². The lowest BCUT2D eigenvalue weighted by atomic mass is 10.2. The van der Waals surface area contributed by atoms with Crippen molar-refractivity contribution in [3.8, 4) is 0 Å². The number of sulfonamides is 1. The van der Waals surface area contributed by atoms with Crippen molar-refractivity contribution < 1.29 is 18.3 Å². The van der Waals surface area contributed by atoms with Crippen LogP contribution >= 0.6 is 0 Å². The van der Waals surface area contributed by atoms with E-state index in [0.29, 0.717) is 11.0 Å². The van der Waals surface area contributed by atoms with Crippen LogP contribution in [0, 0.1) is 0 Å². The molecule has 1 heterocycles. The minimum Gasteiger partial charge on any atom is -0.478 e. The first-order valence-corrected chi connectivity index (χ1v) is 6.77. The molecule has 0 saturated heterocycles. The van der Waals surface area contributed by atoms with Crippen molar-refractivity contribution in [2.45, 2.75) is 6.54 Å². The van der Waals surface area contributed by atoms with Gasteiger partial charge in [0, 0.05) is 6.54 Å². The third-order valence-corrected chi connectivity index (χ3v) is 3.25. The summed E-state index contributed by atoms with van der Waals surface area (Å²) in [6.07, 6.45) is 1.41. The van der Waals surface area contributed by atoms with Crippen LogP contribution < -0.4 is 5.14 Å². The number of nitrogens with zero attached hydrogens (tertiary/aromatic N) is 2. The molecule has 0 fully saturated rings. The number of aromatic nitrogens is 2. The molecule has 2 rings (SSSR count). The van der Waals surface area contributed by atoms with Crippen LogP contribution in [0.25, 0.3) is 11.0 Å². The number of carboxylic acid groups (broad SMARTS) is 1. The second kappa shape index (κ2) is 4.39. The van der Waals surface area contributed by atoms with Crippen molar-refractivity contribution in [1.29, 1.82) is 0 Å². The van der Waals surface area contributed by atoms with Gasteiger partial charge in [-0.05, 0) is 12.1 Å². The van der Waals surface area contributed by atoms with Crippen LogP contribution in [0.4, 0.5) is 0 Å². The van der Waals surface area contributed by atoms with Gasteiger partial charge in [-0.1, -0.05) is 6.07 Å². The minimum absolute atomic E-state index is 0.0851. The van der Waals surface area contributed by atoms with Crippen LogP contribution in [0.3, 0.4) is 0 Å². The van der Waals surface area contributed by atoms with Gasteiger partial charge in [-0.3, -0.25) is 0 Å². The summed E-state index contributed by atoms with van der Waals surface area (Å²) in [4.78, 5) is 15.0. The third kappa shape index (κ3) is 2.49. The first-order valence-electron chi connectivity index (χ1n) is 5.06. The van der Waals surface area contributed by atoms with Crippen molar-refractivity contribution in [1.82, 2.24) is 9.55 Å². The number of aromatic carboxylic acids is 1. The average molecular weight is 269 g/mol. The number of carbonyl (C=O) groups is 1. The standard InChI is InChI=1S/C10H11N3O4S/c11-18(16,17)5-4-13-6-12-9-7(10(14)15)2-1-3-8(9)13/h1-3,6H,4-5H2,(H,14,15)(H2,11,16,17). The first-order chi connectivity index (χ1) is 8.38. The van der Waals surface area contributed by atoms with Crippen LogP contribution in [0.2, 0.25) is 0 Å². The highest BCUT2D eigenvalue weighted by Crippen LogP contribution is 2.17. The fourth-order valence-electron chi connectivity index (χ4n) is 1.66. The quantitative estimate of drug-likeness (QED) is 0.812. The molecule has 7 nitrogen and oxygen atoms in total. The molecule has 2 aromatic rings. The number of rotatable bonds is 4. The van der Waals surface area contributed by atoms with E-state index < -0.39 is 16.0 Å². The summed E-state index contributed by atoms with van der Waals surface area (Å²) in [5.41, 5.74) is 0.986. The number of aryl methyl sites for hydroxylation is 1. The monoisotopic (exact) mass is 269 g/mol. The van der Waals surface area contributed by atoms with E-state index in [2.05, 4.69) is 4.98 Å². The van der Waals surface area contributed by atoms with Gasteiger partial charge in [0.2, 0.25) is 10.0 Å². The summed E-state index contributed by atoms with van der Waals surface area (Å²) in [5.74, 6) is -1.30. The lowest BCUT2D eigenvalue weighted by Crippen LogP contribution is -2.20. The number of benzene rings is 1. The predicted octanol–water partition coefficient (Wildman–Crippen LogP) is 0.0230. The normalized spacial score (nSPS) is 11.8. The van der Waals surface area contributed by atoms with E-state index in [4.69, 9.17) is 10.2 Å². The Morgan fingerprint density at radius 2 is 2.17 bits per heavy atom. The average Bonchev–Trinajstić information content (AvgIpc) is 2.68. The molecule has 8 heteroatoms. The lowest BCUT2D eigenvalue weighted by molar-refractivity contribution is 0.0699. The molecule has 18 heavy (non-hydrogen) atoms. The fraction of sp³-hybridized carbons (Fsp3) is 0.200. The molecule has 0 aliphatic carbocycles. The fourth-order valence-corrected chi connectivity index (χ4v) is 2.12. The highest BCUT2D eigenvalue weighted by atomic mass is 32.2. The zero-order valence-electron chi connectivity index (χ0n) is 9.28. The Bertz CT molecular complexity index is 705. The van der Waals surface area contributed by atoms with Gasteiger partial charge in [0.1, 0.15) is 5.52 Å². The van der Waals surface area contributed by atoms with E-state index in [1.54, 1.807) is 16.7 Å². The molecule has 0 unspecified atom stereocenters. The van der Waals surface area contributed by atoms with E-state index in [9.17, 15) is 13.2 Å². The van der Waals surface area contributed by atoms with Gasteiger partial charge >= 0.3 is 5.97 Å². The maximum atomic E-state index is 11.0. The third-order valence-electron chi connectivity index (χ3n) is 2.50. The number of primary sulfonamides is 1. The van der Waals surface area contributed by atoms with Gasteiger partial charge in [0.15, 0.2) is 0 Å². The molecule has 0 aliphatic heterocycles.